The highest BCUT2D eigenvalue weighted by atomic mass is 16.5. The summed E-state index contributed by atoms with van der Waals surface area (Å²) >= 11 is 0. The Labute approximate surface area is 356 Å². The Kier molecular flexibility index (Phi) is 24.0. The van der Waals surface area contributed by atoms with Gasteiger partial charge >= 0.3 is 0 Å². The Morgan fingerprint density at radius 3 is 1.60 bits per heavy atom. The third kappa shape index (κ3) is 20.1. The zero-order valence-electron chi connectivity index (χ0n) is 36.4. The van der Waals surface area contributed by atoms with Gasteiger partial charge in [-0.05, 0) is 72.7 Å². The molecule has 13 nitrogen and oxygen atoms in total. The molecule has 0 aliphatic carbocycles. The van der Waals surface area contributed by atoms with Crippen molar-refractivity contribution in [2.24, 2.45) is 23.5 Å². The van der Waals surface area contributed by atoms with E-state index in [9.17, 15) is 28.8 Å². The van der Waals surface area contributed by atoms with Gasteiger partial charge in [0.2, 0.25) is 11.8 Å². The number of benzene rings is 3. The first-order chi connectivity index (χ1) is 28.7. The number of nitrogens with one attached hydrogen (secondary N) is 4. The summed E-state index contributed by atoms with van der Waals surface area (Å²) in [6.07, 6.45) is 3.13. The molecule has 3 aromatic carbocycles. The van der Waals surface area contributed by atoms with E-state index in [4.69, 9.17) is 10.5 Å². The summed E-state index contributed by atoms with van der Waals surface area (Å²) in [7, 11) is 0. The summed E-state index contributed by atoms with van der Waals surface area (Å²) in [6, 6.07) is 23.8. The minimum Gasteiger partial charge on any atom is -0.463 e. The molecule has 60 heavy (non-hydrogen) atoms. The first kappa shape index (κ1) is 50.9. The molecule has 0 saturated heterocycles. The Hall–Kier alpha value is -5.24. The largest absolute Gasteiger partial charge is 0.463 e. The lowest BCUT2D eigenvalue weighted by Gasteiger charge is -2.24. The third-order valence-electron chi connectivity index (χ3n) is 9.59. The molecular formula is C47H67N5O8. The van der Waals surface area contributed by atoms with Gasteiger partial charge in [0, 0.05) is 48.1 Å². The van der Waals surface area contributed by atoms with Crippen molar-refractivity contribution < 1.29 is 38.2 Å². The van der Waals surface area contributed by atoms with E-state index in [1.54, 1.807) is 55.5 Å². The van der Waals surface area contributed by atoms with Gasteiger partial charge in [0.25, 0.3) is 12.9 Å². The Morgan fingerprint density at radius 2 is 1.13 bits per heavy atom. The van der Waals surface area contributed by atoms with Gasteiger partial charge in [-0.25, -0.2) is 0 Å². The Morgan fingerprint density at radius 1 is 0.617 bits per heavy atom. The molecular weight excluding hydrogens is 763 g/mol. The quantitative estimate of drug-likeness (QED) is 0.0414. The van der Waals surface area contributed by atoms with Crippen LogP contribution in [0.5, 0.6) is 0 Å². The number of rotatable bonds is 27. The van der Waals surface area contributed by atoms with Crippen LogP contribution in [0.3, 0.4) is 0 Å². The van der Waals surface area contributed by atoms with Crippen LogP contribution >= 0.6 is 0 Å². The smallest absolute Gasteiger partial charge is 0.293 e. The molecule has 6 N–H and O–H groups in total. The van der Waals surface area contributed by atoms with Crippen LogP contribution in [0.1, 0.15) is 97.3 Å². The van der Waals surface area contributed by atoms with Crippen LogP contribution in [-0.2, 0) is 57.9 Å². The highest BCUT2D eigenvalue weighted by Gasteiger charge is 2.28. The van der Waals surface area contributed by atoms with E-state index < -0.39 is 11.8 Å². The van der Waals surface area contributed by atoms with Gasteiger partial charge in [-0.1, -0.05) is 109 Å². The molecule has 0 radical (unpaired) electrons. The molecule has 4 atom stereocenters. The maximum atomic E-state index is 13.3. The van der Waals surface area contributed by atoms with E-state index in [0.29, 0.717) is 43.7 Å². The number of carbonyl (C=O) groups excluding carboxylic acids is 6. The van der Waals surface area contributed by atoms with Crippen LogP contribution in [0.2, 0.25) is 0 Å². The van der Waals surface area contributed by atoms with Crippen molar-refractivity contribution in [1.29, 1.82) is 0 Å². The van der Waals surface area contributed by atoms with Crippen molar-refractivity contribution in [2.45, 2.75) is 124 Å². The van der Waals surface area contributed by atoms with Gasteiger partial charge in [-0.3, -0.25) is 28.8 Å². The fourth-order valence-electron chi connectivity index (χ4n) is 6.44. The molecule has 0 aromatic heterocycles. The van der Waals surface area contributed by atoms with E-state index in [1.165, 1.54) is 0 Å². The zero-order valence-corrected chi connectivity index (χ0v) is 36.4. The van der Waals surface area contributed by atoms with Crippen LogP contribution in [0.4, 0.5) is 11.4 Å². The first-order valence-corrected chi connectivity index (χ1v) is 20.9. The van der Waals surface area contributed by atoms with Crippen LogP contribution in [-0.4, -0.2) is 67.0 Å². The lowest BCUT2D eigenvalue weighted by Crippen LogP contribution is -2.45. The summed E-state index contributed by atoms with van der Waals surface area (Å²) in [6.45, 7) is 15.5. The van der Waals surface area contributed by atoms with E-state index in [0.717, 1.165) is 29.5 Å². The second kappa shape index (κ2) is 28.3. The maximum Gasteiger partial charge on any atom is 0.293 e. The predicted octanol–water partition coefficient (Wildman–Crippen LogP) is 6.53. The molecule has 2 amide bonds. The fraction of sp³-hybridized carbons (Fsp3) is 0.489. The number of nitrogens with two attached hydrogens (primary N) is 1. The van der Waals surface area contributed by atoms with Gasteiger partial charge in [0.1, 0.15) is 13.2 Å². The lowest BCUT2D eigenvalue weighted by atomic mass is 9.90. The van der Waals surface area contributed by atoms with Gasteiger partial charge in [0.05, 0.1) is 12.1 Å². The first-order valence-electron chi connectivity index (χ1n) is 20.9. The van der Waals surface area contributed by atoms with Gasteiger partial charge in [-0.15, -0.1) is 0 Å². The van der Waals surface area contributed by atoms with Crippen LogP contribution < -0.4 is 27.0 Å². The van der Waals surface area contributed by atoms with Crippen molar-refractivity contribution in [2.75, 3.05) is 17.2 Å². The summed E-state index contributed by atoms with van der Waals surface area (Å²) in [5.74, 6) is -0.974. The number of unbranched alkanes of at least 4 members (excludes halogenated alkanes) is 1. The van der Waals surface area contributed by atoms with Crippen molar-refractivity contribution in [3.05, 3.63) is 95.6 Å². The maximum absolute atomic E-state index is 13.3. The van der Waals surface area contributed by atoms with E-state index in [1.807, 2.05) is 71.9 Å². The number of amides is 2. The number of ether oxygens (including phenoxy) is 2. The average molecular weight is 830 g/mol. The van der Waals surface area contributed by atoms with E-state index in [2.05, 4.69) is 26.0 Å². The number of hydrogen-bond acceptors (Lipinski definition) is 11. The number of Topliss-reactive ketones (excluding diaryl/α,β-unsaturated/α-hetero) is 2. The Balaban J connectivity index is 0.000000429. The van der Waals surface area contributed by atoms with Crippen LogP contribution in [0.25, 0.3) is 0 Å². The second-order valence-corrected chi connectivity index (χ2v) is 16.0. The molecule has 0 bridgehead atoms. The highest BCUT2D eigenvalue weighted by molar-refractivity contribution is 5.97. The van der Waals surface area contributed by atoms with Crippen molar-refractivity contribution in [3.8, 4) is 0 Å². The Bertz CT molecular complexity index is 1730. The predicted molar refractivity (Wildman–Crippen MR) is 236 cm³/mol. The lowest BCUT2D eigenvalue weighted by molar-refractivity contribution is -0.130. The molecule has 328 valence electrons. The standard InChI is InChI=1S/C27H37N3O4.C20H30N2O4/c1-20(2)29-25(16-21-8-4-3-5-9-21)26(32)17-23(10-6-7-15-28)27(33)30-24-13-11-22(12-14-24)18-34-19-31;1-13(2)19(21-14(3)4)18(24)10-15(5)20(25)22-17-8-6-16(7-9-17)11-26-12-23/h3-5,8-9,11-14,19-20,23,25,29H,6-7,10,15-18,28H2,1-2H3,(H,30,33);6-9,12-15,19,21H,10-11H2,1-5H3,(H,22,25)/t23-,25+;15-,19+/m11/s1. The van der Waals surface area contributed by atoms with Crippen molar-refractivity contribution in [1.82, 2.24) is 10.6 Å². The highest BCUT2D eigenvalue weighted by Crippen LogP contribution is 2.20. The number of hydrogen-bond donors (Lipinski definition) is 5. The molecule has 0 saturated carbocycles. The molecule has 0 aliphatic rings. The minimum absolute atomic E-state index is 0.0341. The zero-order chi connectivity index (χ0) is 44.5. The normalized spacial score (nSPS) is 13.0. The summed E-state index contributed by atoms with van der Waals surface area (Å²) in [5.41, 5.74) is 9.66. The summed E-state index contributed by atoms with van der Waals surface area (Å²) in [5, 5.41) is 12.4. The molecule has 0 fully saturated rings. The molecule has 0 unspecified atom stereocenters. The summed E-state index contributed by atoms with van der Waals surface area (Å²) < 4.78 is 9.43. The van der Waals surface area contributed by atoms with Crippen LogP contribution in [0.15, 0.2) is 78.9 Å². The van der Waals surface area contributed by atoms with Crippen molar-refractivity contribution >= 4 is 47.7 Å². The molecule has 3 rings (SSSR count). The second-order valence-electron chi connectivity index (χ2n) is 16.0. The SMILES string of the molecule is CC(C)N[C@@H](Cc1ccccc1)C(=O)C[C@@H](CCCCN)C(=O)Nc1ccc(COC=O)cc1.CC(C)N[C@H](C(=O)C[C@@H](C)C(=O)Nc1ccc(COC=O)cc1)C(C)C. The number of ketones is 2. The molecule has 0 spiro atoms. The monoisotopic (exact) mass is 829 g/mol. The van der Waals surface area contributed by atoms with Crippen molar-refractivity contribution in [3.63, 3.8) is 0 Å². The van der Waals surface area contributed by atoms with Gasteiger partial charge in [-0.2, -0.15) is 0 Å². The molecule has 3 aromatic rings. The van der Waals surface area contributed by atoms with Gasteiger partial charge < -0.3 is 36.5 Å². The average Bonchev–Trinajstić information content (AvgIpc) is 3.21. The molecule has 13 heteroatoms. The van der Waals surface area contributed by atoms with E-state index in [-0.39, 0.29) is 79.5 Å². The topological polar surface area (TPSA) is 195 Å². The molecule has 0 aliphatic heterocycles. The molecule has 0 heterocycles. The minimum atomic E-state index is -0.440. The van der Waals surface area contributed by atoms with Gasteiger partial charge in [0.15, 0.2) is 11.6 Å². The third-order valence-corrected chi connectivity index (χ3v) is 9.59. The number of carbonyl (C=O) groups is 6. The van der Waals surface area contributed by atoms with Crippen LogP contribution in [0, 0.1) is 17.8 Å². The summed E-state index contributed by atoms with van der Waals surface area (Å²) in [4.78, 5) is 71.9. The van der Waals surface area contributed by atoms with E-state index >= 15 is 0 Å². The fourth-order valence-corrected chi connectivity index (χ4v) is 6.44. The number of anilines is 2.